The second-order valence-corrected chi connectivity index (χ2v) is 15.6. The molecule has 0 unspecified atom stereocenters. The molecule has 0 aliphatic heterocycles. The summed E-state index contributed by atoms with van der Waals surface area (Å²) in [4.78, 5) is 2.40. The molecule has 0 saturated heterocycles. The predicted octanol–water partition coefficient (Wildman–Crippen LogP) is 14.6. The zero-order chi connectivity index (χ0) is 34.6. The van der Waals surface area contributed by atoms with E-state index in [0.717, 1.165) is 39.0 Å². The normalized spacial score (nSPS) is 13.3. The van der Waals surface area contributed by atoms with Gasteiger partial charge in [0, 0.05) is 53.4 Å². The number of para-hydroxylation sites is 1. The maximum absolute atomic E-state index is 6.25. The van der Waals surface area contributed by atoms with Gasteiger partial charge in [-0.1, -0.05) is 111 Å². The number of thiophene rings is 1. The van der Waals surface area contributed by atoms with Crippen LogP contribution in [0.25, 0.3) is 75.1 Å². The van der Waals surface area contributed by atoms with Gasteiger partial charge in [-0.2, -0.15) is 0 Å². The first-order valence-corrected chi connectivity index (χ1v) is 18.7. The minimum Gasteiger partial charge on any atom is -0.456 e. The molecule has 2 nitrogen and oxygen atoms in total. The van der Waals surface area contributed by atoms with Crippen LogP contribution in [0.1, 0.15) is 25.0 Å². The Morgan fingerprint density at radius 2 is 1.13 bits per heavy atom. The smallest absolute Gasteiger partial charge is 0.135 e. The Kier molecular flexibility index (Phi) is 6.21. The second kappa shape index (κ2) is 10.9. The third-order valence-corrected chi connectivity index (χ3v) is 12.4. The molecule has 0 amide bonds. The van der Waals surface area contributed by atoms with Gasteiger partial charge in [0.1, 0.15) is 11.2 Å². The summed E-state index contributed by atoms with van der Waals surface area (Å²) in [5.74, 6) is 0. The first kappa shape index (κ1) is 29.6. The topological polar surface area (TPSA) is 16.4 Å². The SMILES string of the molecule is CC1(C)c2ccccc2-c2ccc(N(c3ccc(-c4cccc5sc6cc7ccccc7cc6c45)cc3)c3ccc4oc5ccccc5c4c3)cc21. The van der Waals surface area contributed by atoms with Crippen LogP contribution in [-0.2, 0) is 5.41 Å². The average Bonchev–Trinajstić information content (AvgIpc) is 3.81. The van der Waals surface area contributed by atoms with E-state index in [4.69, 9.17) is 4.42 Å². The summed E-state index contributed by atoms with van der Waals surface area (Å²) in [6.07, 6.45) is 0. The third-order valence-electron chi connectivity index (χ3n) is 11.2. The zero-order valence-corrected chi connectivity index (χ0v) is 29.7. The highest BCUT2D eigenvalue weighted by molar-refractivity contribution is 7.26. The zero-order valence-electron chi connectivity index (χ0n) is 28.9. The molecule has 0 saturated carbocycles. The van der Waals surface area contributed by atoms with Gasteiger partial charge in [-0.05, 0) is 111 Å². The van der Waals surface area contributed by atoms with Crippen molar-refractivity contribution in [2.45, 2.75) is 19.3 Å². The van der Waals surface area contributed by atoms with Crippen molar-refractivity contribution in [2.75, 3.05) is 4.90 Å². The van der Waals surface area contributed by atoms with E-state index in [1.807, 2.05) is 23.5 Å². The van der Waals surface area contributed by atoms with Crippen molar-refractivity contribution < 1.29 is 4.42 Å². The van der Waals surface area contributed by atoms with E-state index in [9.17, 15) is 0 Å². The average molecular weight is 684 g/mol. The van der Waals surface area contributed by atoms with Gasteiger partial charge >= 0.3 is 0 Å². The van der Waals surface area contributed by atoms with Crippen molar-refractivity contribution in [3.63, 3.8) is 0 Å². The predicted molar refractivity (Wildman–Crippen MR) is 222 cm³/mol. The van der Waals surface area contributed by atoms with Crippen molar-refractivity contribution in [2.24, 2.45) is 0 Å². The lowest BCUT2D eigenvalue weighted by Gasteiger charge is -2.28. The summed E-state index contributed by atoms with van der Waals surface area (Å²) >= 11 is 1.88. The van der Waals surface area contributed by atoms with E-state index in [-0.39, 0.29) is 5.41 Å². The lowest BCUT2D eigenvalue weighted by Crippen LogP contribution is -2.16. The van der Waals surface area contributed by atoms with Gasteiger partial charge < -0.3 is 9.32 Å². The Morgan fingerprint density at radius 3 is 2.02 bits per heavy atom. The molecule has 0 atom stereocenters. The van der Waals surface area contributed by atoms with Crippen LogP contribution in [0, 0.1) is 0 Å². The van der Waals surface area contributed by atoms with Crippen LogP contribution in [0.15, 0.2) is 168 Å². The summed E-state index contributed by atoms with van der Waals surface area (Å²) in [5.41, 5.74) is 12.9. The van der Waals surface area contributed by atoms with Gasteiger partial charge in [0.25, 0.3) is 0 Å². The van der Waals surface area contributed by atoms with E-state index in [1.54, 1.807) is 0 Å². The molecule has 0 spiro atoms. The molecule has 10 aromatic rings. The van der Waals surface area contributed by atoms with Gasteiger partial charge in [0.15, 0.2) is 0 Å². The maximum atomic E-state index is 6.25. The molecule has 0 radical (unpaired) electrons. The van der Waals surface area contributed by atoms with Crippen molar-refractivity contribution in [1.82, 2.24) is 0 Å². The van der Waals surface area contributed by atoms with E-state index in [0.29, 0.717) is 0 Å². The van der Waals surface area contributed by atoms with Crippen LogP contribution in [-0.4, -0.2) is 0 Å². The summed E-state index contributed by atoms with van der Waals surface area (Å²) in [6, 6.07) is 60.0. The monoisotopic (exact) mass is 683 g/mol. The number of hydrogen-bond acceptors (Lipinski definition) is 3. The van der Waals surface area contributed by atoms with Crippen LogP contribution in [0.2, 0.25) is 0 Å². The molecule has 0 N–H and O–H groups in total. The van der Waals surface area contributed by atoms with E-state index < -0.39 is 0 Å². The number of furan rings is 1. The minimum absolute atomic E-state index is 0.102. The number of anilines is 3. The van der Waals surface area contributed by atoms with Crippen LogP contribution in [0.5, 0.6) is 0 Å². The second-order valence-electron chi connectivity index (χ2n) is 14.5. The fourth-order valence-electron chi connectivity index (χ4n) is 8.67. The van der Waals surface area contributed by atoms with Crippen molar-refractivity contribution in [3.05, 3.63) is 175 Å². The Hall–Kier alpha value is -6.16. The lowest BCUT2D eigenvalue weighted by atomic mass is 9.82. The molecule has 1 aliphatic rings. The Labute approximate surface area is 305 Å². The van der Waals surface area contributed by atoms with E-state index in [1.165, 1.54) is 64.3 Å². The van der Waals surface area contributed by atoms with E-state index in [2.05, 4.69) is 170 Å². The van der Waals surface area contributed by atoms with Gasteiger partial charge in [0.05, 0.1) is 0 Å². The van der Waals surface area contributed by atoms with Gasteiger partial charge in [0.2, 0.25) is 0 Å². The molecule has 0 bridgehead atoms. The fourth-order valence-corrected chi connectivity index (χ4v) is 9.84. The lowest BCUT2D eigenvalue weighted by molar-refractivity contribution is 0.660. The minimum atomic E-state index is -0.102. The maximum Gasteiger partial charge on any atom is 0.135 e. The molecule has 2 aromatic heterocycles. The molecule has 8 aromatic carbocycles. The number of rotatable bonds is 4. The molecule has 52 heavy (non-hydrogen) atoms. The number of benzene rings is 8. The number of fused-ring (bicyclic) bond motifs is 10. The molecule has 246 valence electrons. The van der Waals surface area contributed by atoms with Gasteiger partial charge in [-0.25, -0.2) is 0 Å². The fraction of sp³-hybridized carbons (Fsp3) is 0.0612. The molecule has 1 aliphatic carbocycles. The molecule has 0 fully saturated rings. The largest absolute Gasteiger partial charge is 0.456 e. The number of hydrogen-bond donors (Lipinski definition) is 0. The Bertz CT molecular complexity index is 3050. The summed E-state index contributed by atoms with van der Waals surface area (Å²) < 4.78 is 8.89. The van der Waals surface area contributed by atoms with Crippen LogP contribution >= 0.6 is 11.3 Å². The highest BCUT2D eigenvalue weighted by Crippen LogP contribution is 2.51. The first-order chi connectivity index (χ1) is 25.5. The Balaban J connectivity index is 1.08. The first-order valence-electron chi connectivity index (χ1n) is 17.9. The molecular formula is C49H33NOS. The van der Waals surface area contributed by atoms with Crippen molar-refractivity contribution >= 4 is 81.3 Å². The molecule has 2 heterocycles. The summed E-state index contributed by atoms with van der Waals surface area (Å²) in [5, 5.41) is 7.46. The highest BCUT2D eigenvalue weighted by atomic mass is 32.1. The highest BCUT2D eigenvalue weighted by Gasteiger charge is 2.35. The van der Waals surface area contributed by atoms with Crippen LogP contribution < -0.4 is 4.90 Å². The molecule has 11 rings (SSSR count). The van der Waals surface area contributed by atoms with Crippen molar-refractivity contribution in [1.29, 1.82) is 0 Å². The van der Waals surface area contributed by atoms with Crippen LogP contribution in [0.4, 0.5) is 17.1 Å². The standard InChI is InChI=1S/C49H33NOS/c1-49(2)42-15-7-5-12-37(42)38-24-22-35(29-43(38)49)50(34-23-25-45-40(28-34)39-13-6-8-16-44(39)51-45)33-20-18-30(19-21-33)36-14-9-17-46-48(36)41-26-31-10-3-4-11-32(31)27-47(41)52-46/h3-29H,1-2H3. The quantitative estimate of drug-likeness (QED) is 0.184. The summed E-state index contributed by atoms with van der Waals surface area (Å²) in [7, 11) is 0. The Morgan fingerprint density at radius 1 is 0.462 bits per heavy atom. The number of nitrogens with zero attached hydrogens (tertiary/aromatic N) is 1. The molecule has 3 heteroatoms. The summed E-state index contributed by atoms with van der Waals surface area (Å²) in [6.45, 7) is 4.70. The molecular weight excluding hydrogens is 651 g/mol. The third kappa shape index (κ3) is 4.30. The van der Waals surface area contributed by atoms with Crippen molar-refractivity contribution in [3.8, 4) is 22.3 Å². The van der Waals surface area contributed by atoms with Gasteiger partial charge in [-0.15, -0.1) is 11.3 Å². The van der Waals surface area contributed by atoms with E-state index >= 15 is 0 Å². The van der Waals surface area contributed by atoms with Crippen LogP contribution in [0.3, 0.4) is 0 Å². The van der Waals surface area contributed by atoms with Gasteiger partial charge in [-0.3, -0.25) is 0 Å².